The van der Waals surface area contributed by atoms with Crippen LogP contribution in [-0.4, -0.2) is 29.6 Å². The lowest BCUT2D eigenvalue weighted by Crippen LogP contribution is -2.30. The second-order valence-corrected chi connectivity index (χ2v) is 4.76. The van der Waals surface area contributed by atoms with Crippen LogP contribution in [-0.2, 0) is 0 Å². The maximum Gasteiger partial charge on any atom is 0.224 e. The van der Waals surface area contributed by atoms with Gasteiger partial charge in [0.05, 0.1) is 0 Å². The number of hydrogen-bond acceptors (Lipinski definition) is 5. The summed E-state index contributed by atoms with van der Waals surface area (Å²) in [6, 6.07) is 3.74. The minimum Gasteiger partial charge on any atom is -0.354 e. The number of hydrogen-bond donors (Lipinski definition) is 2. The summed E-state index contributed by atoms with van der Waals surface area (Å²) in [5.74, 6) is 1.31. The van der Waals surface area contributed by atoms with Crippen LogP contribution in [0.4, 0.5) is 5.95 Å². The molecule has 0 aliphatic carbocycles. The lowest BCUT2D eigenvalue weighted by Gasteiger charge is -2.22. The van der Waals surface area contributed by atoms with E-state index in [2.05, 4.69) is 20.6 Å². The van der Waals surface area contributed by atoms with Crippen LogP contribution < -0.4 is 10.6 Å². The monoisotopic (exact) mass is 245 g/mol. The fourth-order valence-electron chi connectivity index (χ4n) is 2.26. The van der Waals surface area contributed by atoms with Crippen molar-refractivity contribution in [3.8, 4) is 6.07 Å². The van der Waals surface area contributed by atoms with E-state index in [1.54, 1.807) is 6.07 Å². The van der Waals surface area contributed by atoms with E-state index in [-0.39, 0.29) is 0 Å². The van der Waals surface area contributed by atoms with E-state index in [9.17, 15) is 0 Å². The third-order valence-corrected chi connectivity index (χ3v) is 3.20. The summed E-state index contributed by atoms with van der Waals surface area (Å²) in [5.41, 5.74) is 1.24. The van der Waals surface area contributed by atoms with E-state index < -0.39 is 0 Å². The molecule has 5 nitrogen and oxygen atoms in total. The Morgan fingerprint density at radius 1 is 1.56 bits per heavy atom. The topological polar surface area (TPSA) is 73.6 Å². The normalized spacial score (nSPS) is 19.2. The summed E-state index contributed by atoms with van der Waals surface area (Å²) >= 11 is 0. The molecule has 0 spiro atoms. The van der Waals surface area contributed by atoms with Gasteiger partial charge < -0.3 is 10.6 Å². The maximum atomic E-state index is 8.84. The molecule has 1 aromatic rings. The van der Waals surface area contributed by atoms with Gasteiger partial charge >= 0.3 is 0 Å². The van der Waals surface area contributed by atoms with E-state index in [1.807, 2.05) is 13.0 Å². The maximum absolute atomic E-state index is 8.84. The molecule has 1 aliphatic heterocycles. The largest absolute Gasteiger partial charge is 0.354 e. The Balaban J connectivity index is 1.82. The highest BCUT2D eigenvalue weighted by atomic mass is 15.1. The predicted molar refractivity (Wildman–Crippen MR) is 70.2 cm³/mol. The Kier molecular flexibility index (Phi) is 4.48. The molecular weight excluding hydrogens is 226 g/mol. The highest BCUT2D eigenvalue weighted by Gasteiger charge is 2.12. The number of aromatic nitrogens is 2. The van der Waals surface area contributed by atoms with Gasteiger partial charge in [-0.3, -0.25) is 0 Å². The summed E-state index contributed by atoms with van der Waals surface area (Å²) in [6.45, 7) is 5.00. The van der Waals surface area contributed by atoms with Crippen molar-refractivity contribution < 1.29 is 0 Å². The first-order valence-electron chi connectivity index (χ1n) is 6.48. The van der Waals surface area contributed by atoms with E-state index in [4.69, 9.17) is 5.26 Å². The van der Waals surface area contributed by atoms with Gasteiger partial charge in [0.15, 0.2) is 0 Å². The first-order valence-corrected chi connectivity index (χ1v) is 6.48. The zero-order chi connectivity index (χ0) is 12.8. The molecule has 2 rings (SSSR count). The van der Waals surface area contributed by atoms with Crippen LogP contribution in [0, 0.1) is 24.2 Å². The number of anilines is 1. The Labute approximate surface area is 108 Å². The molecule has 1 atom stereocenters. The van der Waals surface area contributed by atoms with Gasteiger partial charge in [0, 0.05) is 12.2 Å². The Hall–Kier alpha value is -1.67. The van der Waals surface area contributed by atoms with Gasteiger partial charge in [0.1, 0.15) is 11.8 Å². The predicted octanol–water partition coefficient (Wildman–Crippen LogP) is 1.46. The second kappa shape index (κ2) is 6.31. The minimum absolute atomic E-state index is 0.421. The smallest absolute Gasteiger partial charge is 0.224 e. The lowest BCUT2D eigenvalue weighted by atomic mass is 9.96. The molecular formula is C13H19N5. The zero-order valence-corrected chi connectivity index (χ0v) is 10.7. The van der Waals surface area contributed by atoms with Crippen molar-refractivity contribution in [1.29, 1.82) is 5.26 Å². The first kappa shape index (κ1) is 12.8. The average Bonchev–Trinajstić information content (AvgIpc) is 2.39. The van der Waals surface area contributed by atoms with Crippen LogP contribution in [0.3, 0.4) is 0 Å². The van der Waals surface area contributed by atoms with Gasteiger partial charge in [-0.1, -0.05) is 0 Å². The van der Waals surface area contributed by atoms with Gasteiger partial charge in [0.25, 0.3) is 0 Å². The van der Waals surface area contributed by atoms with Crippen LogP contribution in [0.5, 0.6) is 0 Å². The molecule has 96 valence electrons. The molecule has 0 saturated carbocycles. The van der Waals surface area contributed by atoms with Crippen LogP contribution in [0.15, 0.2) is 6.07 Å². The number of nitrogens with one attached hydrogen (secondary N) is 2. The average molecular weight is 245 g/mol. The number of piperidine rings is 1. The molecule has 2 N–H and O–H groups in total. The van der Waals surface area contributed by atoms with Gasteiger partial charge in [0.2, 0.25) is 5.95 Å². The van der Waals surface area contributed by atoms with Crippen LogP contribution in [0.25, 0.3) is 0 Å². The molecule has 1 aliphatic rings. The molecule has 0 bridgehead atoms. The van der Waals surface area contributed by atoms with Crippen LogP contribution in [0.1, 0.15) is 30.7 Å². The van der Waals surface area contributed by atoms with Gasteiger partial charge in [-0.25, -0.2) is 9.97 Å². The zero-order valence-electron chi connectivity index (χ0n) is 10.7. The van der Waals surface area contributed by atoms with E-state index in [0.717, 1.165) is 37.7 Å². The SMILES string of the molecule is Cc1cc(C#N)nc(NCCC2CCCNC2)n1. The van der Waals surface area contributed by atoms with E-state index in [1.165, 1.54) is 12.8 Å². The quantitative estimate of drug-likeness (QED) is 0.840. The van der Waals surface area contributed by atoms with Crippen LogP contribution >= 0.6 is 0 Å². The van der Waals surface area contributed by atoms with Crippen molar-refractivity contribution in [3.05, 3.63) is 17.5 Å². The molecule has 1 aromatic heterocycles. The standard InChI is InChI=1S/C13H19N5/c1-10-7-12(8-14)18-13(17-10)16-6-4-11-3-2-5-15-9-11/h7,11,15H,2-6,9H2,1H3,(H,16,17,18). The minimum atomic E-state index is 0.421. The van der Waals surface area contributed by atoms with Crippen molar-refractivity contribution in [2.75, 3.05) is 25.0 Å². The molecule has 5 heteroatoms. The third-order valence-electron chi connectivity index (χ3n) is 3.20. The number of nitrogens with zero attached hydrogens (tertiary/aromatic N) is 3. The molecule has 2 heterocycles. The lowest BCUT2D eigenvalue weighted by molar-refractivity contribution is 0.364. The third kappa shape index (κ3) is 3.67. The summed E-state index contributed by atoms with van der Waals surface area (Å²) < 4.78 is 0. The molecule has 18 heavy (non-hydrogen) atoms. The van der Waals surface area contributed by atoms with Crippen molar-refractivity contribution in [2.45, 2.75) is 26.2 Å². The number of rotatable bonds is 4. The molecule has 0 aromatic carbocycles. The Bertz CT molecular complexity index is 431. The number of aryl methyl sites for hydroxylation is 1. The van der Waals surface area contributed by atoms with Crippen LogP contribution in [0.2, 0.25) is 0 Å². The summed E-state index contributed by atoms with van der Waals surface area (Å²) in [7, 11) is 0. The highest BCUT2D eigenvalue weighted by Crippen LogP contribution is 2.14. The van der Waals surface area contributed by atoms with E-state index >= 15 is 0 Å². The fourth-order valence-corrected chi connectivity index (χ4v) is 2.26. The molecule has 1 unspecified atom stereocenters. The van der Waals surface area contributed by atoms with Crippen molar-refractivity contribution in [1.82, 2.24) is 15.3 Å². The summed E-state index contributed by atoms with van der Waals surface area (Å²) in [6.07, 6.45) is 3.68. The second-order valence-electron chi connectivity index (χ2n) is 4.76. The Morgan fingerprint density at radius 2 is 2.44 bits per heavy atom. The molecule has 0 amide bonds. The molecule has 1 saturated heterocycles. The fraction of sp³-hybridized carbons (Fsp3) is 0.615. The summed E-state index contributed by atoms with van der Waals surface area (Å²) in [5, 5.41) is 15.5. The van der Waals surface area contributed by atoms with Crippen molar-refractivity contribution in [3.63, 3.8) is 0 Å². The highest BCUT2D eigenvalue weighted by molar-refractivity contribution is 5.32. The van der Waals surface area contributed by atoms with Gasteiger partial charge in [-0.2, -0.15) is 5.26 Å². The van der Waals surface area contributed by atoms with Crippen molar-refractivity contribution >= 4 is 5.95 Å². The Morgan fingerprint density at radius 3 is 3.17 bits per heavy atom. The van der Waals surface area contributed by atoms with Crippen molar-refractivity contribution in [2.24, 2.45) is 5.92 Å². The molecule has 1 fully saturated rings. The van der Waals surface area contributed by atoms with Gasteiger partial charge in [-0.15, -0.1) is 0 Å². The van der Waals surface area contributed by atoms with E-state index in [0.29, 0.717) is 11.6 Å². The van der Waals surface area contributed by atoms with Gasteiger partial charge in [-0.05, 0) is 51.3 Å². The number of nitriles is 1. The summed E-state index contributed by atoms with van der Waals surface area (Å²) in [4.78, 5) is 8.41. The first-order chi connectivity index (χ1) is 8.78. The molecule has 0 radical (unpaired) electrons.